The van der Waals surface area contributed by atoms with Crippen molar-refractivity contribution in [3.05, 3.63) is 70.8 Å². The number of ketones is 2. The third-order valence-electron chi connectivity index (χ3n) is 4.96. The van der Waals surface area contributed by atoms with Crippen LogP contribution in [0.15, 0.2) is 42.7 Å². The van der Waals surface area contributed by atoms with Crippen LogP contribution in [0.2, 0.25) is 0 Å². The molecule has 0 amide bonds. The Hall–Kier alpha value is -2.85. The molecule has 2 N–H and O–H groups in total. The van der Waals surface area contributed by atoms with Crippen LogP contribution in [0.4, 0.5) is 0 Å². The minimum Gasteiger partial charge on any atom is -0.493 e. The van der Waals surface area contributed by atoms with E-state index < -0.39 is 0 Å². The van der Waals surface area contributed by atoms with Crippen molar-refractivity contribution in [1.82, 2.24) is 9.97 Å². The van der Waals surface area contributed by atoms with Gasteiger partial charge >= 0.3 is 0 Å². The first-order chi connectivity index (χ1) is 14.5. The summed E-state index contributed by atoms with van der Waals surface area (Å²) in [5.41, 5.74) is 8.47. The summed E-state index contributed by atoms with van der Waals surface area (Å²) in [6.07, 6.45) is 3.85. The topological polar surface area (TPSA) is 104 Å². The average Bonchev–Trinajstić information content (AvgIpc) is 2.77. The summed E-state index contributed by atoms with van der Waals surface area (Å²) in [5.74, 6) is 0.498. The molecular formula is C23H22IN3O4. The van der Waals surface area contributed by atoms with Crippen LogP contribution >= 0.6 is 24.0 Å². The maximum atomic E-state index is 13.2. The van der Waals surface area contributed by atoms with E-state index >= 15 is 0 Å². The molecule has 0 spiro atoms. The van der Waals surface area contributed by atoms with Gasteiger partial charge in [-0.2, -0.15) is 0 Å². The second-order valence-electron chi connectivity index (χ2n) is 7.01. The lowest BCUT2D eigenvalue weighted by atomic mass is 9.85. The number of ether oxygens (including phenoxy) is 2. The number of pyridine rings is 2. The van der Waals surface area contributed by atoms with Gasteiger partial charge in [0.2, 0.25) is 11.6 Å². The largest absolute Gasteiger partial charge is 0.493 e. The molecule has 1 aliphatic rings. The first-order valence-electron chi connectivity index (χ1n) is 9.61. The molecule has 0 radical (unpaired) electrons. The van der Waals surface area contributed by atoms with Crippen molar-refractivity contribution in [2.45, 2.75) is 13.3 Å². The van der Waals surface area contributed by atoms with Crippen LogP contribution in [0.1, 0.15) is 44.1 Å². The molecule has 0 aliphatic heterocycles. The first kappa shape index (κ1) is 22.8. The molecule has 7 nitrogen and oxygen atoms in total. The van der Waals surface area contributed by atoms with Crippen molar-refractivity contribution in [1.29, 1.82) is 0 Å². The van der Waals surface area contributed by atoms with Gasteiger partial charge in [0.05, 0.1) is 24.8 Å². The fourth-order valence-electron chi connectivity index (χ4n) is 3.49. The van der Waals surface area contributed by atoms with Gasteiger partial charge in [0.25, 0.3) is 0 Å². The van der Waals surface area contributed by atoms with E-state index in [-0.39, 0.29) is 52.5 Å². The van der Waals surface area contributed by atoms with Gasteiger partial charge in [0.15, 0.2) is 11.5 Å². The molecule has 4 rings (SSSR count). The zero-order chi connectivity index (χ0) is 21.3. The number of hydrogen-bond donors (Lipinski definition) is 1. The molecule has 160 valence electrons. The van der Waals surface area contributed by atoms with Crippen LogP contribution in [0.3, 0.4) is 0 Å². The maximum Gasteiger partial charge on any atom is 0.215 e. The molecule has 3 aromatic rings. The van der Waals surface area contributed by atoms with E-state index in [0.717, 1.165) is 12.0 Å². The molecule has 0 unspecified atom stereocenters. The van der Waals surface area contributed by atoms with Crippen molar-refractivity contribution in [2.24, 2.45) is 5.73 Å². The van der Waals surface area contributed by atoms with Gasteiger partial charge in [0, 0.05) is 12.4 Å². The molecule has 1 aliphatic carbocycles. The molecule has 31 heavy (non-hydrogen) atoms. The zero-order valence-electron chi connectivity index (χ0n) is 17.2. The third kappa shape index (κ3) is 4.17. The lowest BCUT2D eigenvalue weighted by Crippen LogP contribution is -2.24. The van der Waals surface area contributed by atoms with E-state index in [1.54, 1.807) is 37.6 Å². The number of nitrogens with zero attached hydrogens (tertiary/aromatic N) is 2. The molecule has 2 aromatic heterocycles. The number of halogens is 1. The number of fused-ring (bicyclic) bond motifs is 2. The number of carbonyl (C=O) groups excluding carboxylic acids is 2. The Bertz CT molecular complexity index is 1160. The molecule has 0 bridgehead atoms. The van der Waals surface area contributed by atoms with Crippen LogP contribution < -0.4 is 15.2 Å². The van der Waals surface area contributed by atoms with Gasteiger partial charge in [-0.05, 0) is 60.8 Å². The molecule has 0 saturated carbocycles. The van der Waals surface area contributed by atoms with Crippen molar-refractivity contribution in [3.8, 4) is 22.6 Å². The standard InChI is InChI=1S/C23H21N3O4.HI/c1-13-10-16-20(26-12-13)23(28)19-15(6-8-25-21(19)22(16)27)14-4-5-17(18(11-14)29-2)30-9-3-7-24;/h4-6,8,10-12H,3,7,9,24H2,1-2H3;1H. The summed E-state index contributed by atoms with van der Waals surface area (Å²) in [4.78, 5) is 34.7. The number of carbonyl (C=O) groups is 2. The van der Waals surface area contributed by atoms with E-state index in [2.05, 4.69) is 9.97 Å². The third-order valence-corrected chi connectivity index (χ3v) is 4.96. The Kier molecular flexibility index (Phi) is 7.01. The highest BCUT2D eigenvalue weighted by atomic mass is 127. The van der Waals surface area contributed by atoms with E-state index in [0.29, 0.717) is 41.3 Å². The number of rotatable bonds is 6. The highest BCUT2D eigenvalue weighted by Crippen LogP contribution is 2.37. The maximum absolute atomic E-state index is 13.2. The summed E-state index contributed by atoms with van der Waals surface area (Å²) < 4.78 is 11.2. The molecule has 1 aromatic carbocycles. The molecule has 0 atom stereocenters. The molecule has 0 saturated heterocycles. The molecule has 0 fully saturated rings. The van der Waals surface area contributed by atoms with Crippen molar-refractivity contribution < 1.29 is 19.1 Å². The molecule has 8 heteroatoms. The van der Waals surface area contributed by atoms with E-state index in [4.69, 9.17) is 15.2 Å². The quantitative estimate of drug-likeness (QED) is 0.300. The zero-order valence-corrected chi connectivity index (χ0v) is 19.5. The van der Waals surface area contributed by atoms with Crippen LogP contribution in [-0.4, -0.2) is 41.8 Å². The van der Waals surface area contributed by atoms with E-state index in [9.17, 15) is 9.59 Å². The summed E-state index contributed by atoms with van der Waals surface area (Å²) >= 11 is 0. The van der Waals surface area contributed by atoms with E-state index in [1.807, 2.05) is 13.0 Å². The Balaban J connectivity index is 0.00000272. The van der Waals surface area contributed by atoms with Crippen LogP contribution in [0.5, 0.6) is 11.5 Å². The Morgan fingerprint density at radius 3 is 2.52 bits per heavy atom. The monoisotopic (exact) mass is 531 g/mol. The summed E-state index contributed by atoms with van der Waals surface area (Å²) in [6, 6.07) is 8.78. The second kappa shape index (κ2) is 9.52. The number of benzene rings is 1. The van der Waals surface area contributed by atoms with Crippen molar-refractivity contribution in [3.63, 3.8) is 0 Å². The Morgan fingerprint density at radius 2 is 1.77 bits per heavy atom. The van der Waals surface area contributed by atoms with Gasteiger partial charge in [-0.3, -0.25) is 19.6 Å². The molecular weight excluding hydrogens is 509 g/mol. The van der Waals surface area contributed by atoms with Crippen LogP contribution in [0, 0.1) is 6.92 Å². The SMILES string of the molecule is COc1cc(-c2ccnc3c2C(=O)c2ncc(C)cc2C3=O)ccc1OCCCN.I. The lowest BCUT2D eigenvalue weighted by molar-refractivity contribution is 0.0972. The van der Waals surface area contributed by atoms with E-state index in [1.165, 1.54) is 6.20 Å². The molecule has 2 heterocycles. The van der Waals surface area contributed by atoms with Gasteiger partial charge in [-0.25, -0.2) is 0 Å². The van der Waals surface area contributed by atoms with Gasteiger partial charge in [0.1, 0.15) is 11.4 Å². The van der Waals surface area contributed by atoms with Crippen LogP contribution in [-0.2, 0) is 0 Å². The highest BCUT2D eigenvalue weighted by Gasteiger charge is 2.34. The number of aryl methyl sites for hydroxylation is 1. The minimum atomic E-state index is -0.315. The highest BCUT2D eigenvalue weighted by molar-refractivity contribution is 14.0. The Labute approximate surface area is 197 Å². The average molecular weight is 531 g/mol. The number of methoxy groups -OCH3 is 1. The van der Waals surface area contributed by atoms with Gasteiger partial charge in [-0.15, -0.1) is 24.0 Å². The Morgan fingerprint density at radius 1 is 0.968 bits per heavy atom. The van der Waals surface area contributed by atoms with Crippen molar-refractivity contribution in [2.75, 3.05) is 20.3 Å². The van der Waals surface area contributed by atoms with Gasteiger partial charge in [-0.1, -0.05) is 6.07 Å². The summed E-state index contributed by atoms with van der Waals surface area (Å²) in [7, 11) is 1.55. The lowest BCUT2D eigenvalue weighted by Gasteiger charge is -2.19. The first-order valence-corrected chi connectivity index (χ1v) is 9.61. The number of hydrogen-bond acceptors (Lipinski definition) is 7. The van der Waals surface area contributed by atoms with Crippen LogP contribution in [0.25, 0.3) is 11.1 Å². The predicted octanol–water partition coefficient (Wildman–Crippen LogP) is 3.58. The normalized spacial score (nSPS) is 12.0. The summed E-state index contributed by atoms with van der Waals surface area (Å²) in [5, 5.41) is 0. The predicted molar refractivity (Wildman–Crippen MR) is 127 cm³/mol. The smallest absolute Gasteiger partial charge is 0.215 e. The van der Waals surface area contributed by atoms with Gasteiger partial charge < -0.3 is 15.2 Å². The summed E-state index contributed by atoms with van der Waals surface area (Å²) in [6.45, 7) is 2.84. The van der Waals surface area contributed by atoms with Crippen molar-refractivity contribution >= 4 is 35.5 Å². The number of aromatic nitrogens is 2. The minimum absolute atomic E-state index is 0. The fraction of sp³-hybridized carbons (Fsp3) is 0.217. The second-order valence-corrected chi connectivity index (χ2v) is 7.01. The number of nitrogens with two attached hydrogens (primary N) is 1. The fourth-order valence-corrected chi connectivity index (χ4v) is 3.49.